The molecule has 0 saturated carbocycles. The van der Waals surface area contributed by atoms with Crippen molar-refractivity contribution >= 4 is 5.95 Å². The molecule has 0 spiro atoms. The highest BCUT2D eigenvalue weighted by atomic mass is 15.3. The van der Waals surface area contributed by atoms with Crippen LogP contribution in [0.25, 0.3) is 11.3 Å². The Hall–Kier alpha value is -2.83. The first-order valence-corrected chi connectivity index (χ1v) is 8.82. The number of hydrogen-bond donors (Lipinski definition) is 1. The van der Waals surface area contributed by atoms with Crippen molar-refractivity contribution in [2.75, 3.05) is 5.32 Å². The molecular formula is C19H25N7. The molecule has 0 saturated heterocycles. The number of nitrogens with one attached hydrogen (secondary N) is 1. The van der Waals surface area contributed by atoms with Gasteiger partial charge in [0.15, 0.2) is 0 Å². The summed E-state index contributed by atoms with van der Waals surface area (Å²) in [5.74, 6) is 1.95. The molecule has 3 aromatic heterocycles. The van der Waals surface area contributed by atoms with Crippen molar-refractivity contribution in [3.8, 4) is 11.3 Å². The van der Waals surface area contributed by atoms with Crippen LogP contribution in [-0.2, 0) is 7.05 Å². The molecule has 1 N–H and O–H groups in total. The summed E-state index contributed by atoms with van der Waals surface area (Å²) in [7, 11) is 1.90. The molecule has 0 aliphatic rings. The van der Waals surface area contributed by atoms with Crippen LogP contribution < -0.4 is 5.32 Å². The molecule has 3 aromatic rings. The number of aryl methyl sites for hydroxylation is 3. The van der Waals surface area contributed by atoms with Gasteiger partial charge in [-0.25, -0.2) is 15.0 Å². The third kappa shape index (κ3) is 4.04. The van der Waals surface area contributed by atoms with Crippen LogP contribution in [0.1, 0.15) is 43.5 Å². The van der Waals surface area contributed by atoms with Gasteiger partial charge in [0, 0.05) is 30.2 Å². The number of hydrogen-bond acceptors (Lipinski definition) is 6. The molecule has 3 heterocycles. The van der Waals surface area contributed by atoms with E-state index in [1.165, 1.54) is 0 Å². The van der Waals surface area contributed by atoms with Crippen LogP contribution in [0.4, 0.5) is 5.95 Å². The fourth-order valence-corrected chi connectivity index (χ4v) is 3.01. The van der Waals surface area contributed by atoms with Gasteiger partial charge in [-0.15, -0.1) is 0 Å². The number of aromatic nitrogens is 6. The number of rotatable bonds is 6. The Morgan fingerprint density at radius 2 is 1.88 bits per heavy atom. The molecule has 0 aromatic carbocycles. The van der Waals surface area contributed by atoms with Gasteiger partial charge in [-0.1, -0.05) is 13.8 Å². The van der Waals surface area contributed by atoms with Crippen LogP contribution in [-0.4, -0.2) is 29.7 Å². The average Bonchev–Trinajstić information content (AvgIpc) is 3.00. The van der Waals surface area contributed by atoms with E-state index in [0.29, 0.717) is 11.9 Å². The summed E-state index contributed by atoms with van der Waals surface area (Å²) in [6.45, 7) is 8.35. The van der Waals surface area contributed by atoms with Gasteiger partial charge in [0.1, 0.15) is 12.2 Å². The lowest BCUT2D eigenvalue weighted by Crippen LogP contribution is -2.19. The summed E-state index contributed by atoms with van der Waals surface area (Å²) in [6, 6.07) is 5.95. The lowest BCUT2D eigenvalue weighted by molar-refractivity contribution is 0.496. The van der Waals surface area contributed by atoms with Crippen molar-refractivity contribution in [1.82, 2.24) is 29.7 Å². The van der Waals surface area contributed by atoms with E-state index in [0.717, 1.165) is 34.9 Å². The van der Waals surface area contributed by atoms with Crippen LogP contribution >= 0.6 is 0 Å². The van der Waals surface area contributed by atoms with Gasteiger partial charge in [0.05, 0.1) is 11.7 Å². The minimum atomic E-state index is -0.00464. The number of pyridine rings is 1. The Bertz CT molecular complexity index is 885. The standard InChI is InChI=1S/C19H25N7/c1-12(2)10-17(18-21-11-22-26(18)5)25-19-20-9-8-16(24-19)15-7-6-13(3)23-14(15)4/h6-9,11-12,17H,10H2,1-5H3,(H,20,24,25)/t17-/m1/s1. The van der Waals surface area contributed by atoms with Crippen LogP contribution in [0.2, 0.25) is 0 Å². The first kappa shape index (κ1) is 18.0. The van der Waals surface area contributed by atoms with Crippen molar-refractivity contribution in [3.63, 3.8) is 0 Å². The highest BCUT2D eigenvalue weighted by Crippen LogP contribution is 2.25. The quantitative estimate of drug-likeness (QED) is 0.732. The third-order valence-corrected chi connectivity index (χ3v) is 4.23. The zero-order valence-corrected chi connectivity index (χ0v) is 15.9. The van der Waals surface area contributed by atoms with Gasteiger partial charge in [-0.2, -0.15) is 5.10 Å². The summed E-state index contributed by atoms with van der Waals surface area (Å²) < 4.78 is 1.79. The van der Waals surface area contributed by atoms with Gasteiger partial charge in [-0.3, -0.25) is 9.67 Å². The highest BCUT2D eigenvalue weighted by molar-refractivity contribution is 5.62. The largest absolute Gasteiger partial charge is 0.344 e. The van der Waals surface area contributed by atoms with Crippen molar-refractivity contribution in [1.29, 1.82) is 0 Å². The minimum absolute atomic E-state index is 0.00464. The molecule has 0 aliphatic carbocycles. The maximum absolute atomic E-state index is 4.70. The van der Waals surface area contributed by atoms with Crippen molar-refractivity contribution in [3.05, 3.63) is 47.9 Å². The molecule has 0 fully saturated rings. The van der Waals surface area contributed by atoms with Crippen molar-refractivity contribution in [2.45, 2.75) is 40.2 Å². The van der Waals surface area contributed by atoms with E-state index < -0.39 is 0 Å². The number of nitrogens with zero attached hydrogens (tertiary/aromatic N) is 6. The van der Waals surface area contributed by atoms with E-state index in [2.05, 4.69) is 45.3 Å². The molecule has 0 radical (unpaired) electrons. The lowest BCUT2D eigenvalue weighted by atomic mass is 10.0. The predicted molar refractivity (Wildman–Crippen MR) is 102 cm³/mol. The summed E-state index contributed by atoms with van der Waals surface area (Å²) in [5.41, 5.74) is 3.83. The smallest absolute Gasteiger partial charge is 0.223 e. The third-order valence-electron chi connectivity index (χ3n) is 4.23. The maximum Gasteiger partial charge on any atom is 0.223 e. The summed E-state index contributed by atoms with van der Waals surface area (Å²) >= 11 is 0. The molecule has 136 valence electrons. The van der Waals surface area contributed by atoms with E-state index >= 15 is 0 Å². The SMILES string of the molecule is Cc1ccc(-c2ccnc(N[C@H](CC(C)C)c3ncnn3C)n2)c(C)n1. The highest BCUT2D eigenvalue weighted by Gasteiger charge is 2.19. The molecule has 26 heavy (non-hydrogen) atoms. The summed E-state index contributed by atoms with van der Waals surface area (Å²) in [5, 5.41) is 7.62. The summed E-state index contributed by atoms with van der Waals surface area (Å²) in [4.78, 5) is 18.0. The van der Waals surface area contributed by atoms with Crippen molar-refractivity contribution < 1.29 is 0 Å². The van der Waals surface area contributed by atoms with E-state index in [1.54, 1.807) is 17.2 Å². The first-order chi connectivity index (χ1) is 12.4. The zero-order chi connectivity index (χ0) is 18.7. The molecule has 1 atom stereocenters. The van der Waals surface area contributed by atoms with Crippen molar-refractivity contribution in [2.24, 2.45) is 13.0 Å². The minimum Gasteiger partial charge on any atom is -0.344 e. The molecular weight excluding hydrogens is 326 g/mol. The van der Waals surface area contributed by atoms with E-state index in [-0.39, 0.29) is 6.04 Å². The Labute approximate surface area is 154 Å². The molecule has 0 bridgehead atoms. The fourth-order valence-electron chi connectivity index (χ4n) is 3.01. The predicted octanol–water partition coefficient (Wildman–Crippen LogP) is 3.48. The van der Waals surface area contributed by atoms with Gasteiger partial charge in [0.2, 0.25) is 5.95 Å². The Morgan fingerprint density at radius 3 is 2.54 bits per heavy atom. The molecule has 0 unspecified atom stereocenters. The topological polar surface area (TPSA) is 81.4 Å². The molecule has 0 aliphatic heterocycles. The Balaban J connectivity index is 1.90. The van der Waals surface area contributed by atoms with Gasteiger partial charge in [-0.05, 0) is 44.4 Å². The fraction of sp³-hybridized carbons (Fsp3) is 0.421. The van der Waals surface area contributed by atoms with E-state index in [1.807, 2.05) is 33.0 Å². The Morgan fingerprint density at radius 1 is 1.08 bits per heavy atom. The van der Waals surface area contributed by atoms with Gasteiger partial charge < -0.3 is 5.32 Å². The number of anilines is 1. The normalized spacial score (nSPS) is 12.4. The second kappa shape index (κ2) is 7.59. The molecule has 3 rings (SSSR count). The van der Waals surface area contributed by atoms with Crippen LogP contribution in [0.3, 0.4) is 0 Å². The first-order valence-electron chi connectivity index (χ1n) is 8.82. The van der Waals surface area contributed by atoms with Gasteiger partial charge in [0.25, 0.3) is 0 Å². The van der Waals surface area contributed by atoms with Gasteiger partial charge >= 0.3 is 0 Å². The molecule has 7 heteroatoms. The van der Waals surface area contributed by atoms with Crippen LogP contribution in [0.5, 0.6) is 0 Å². The zero-order valence-electron chi connectivity index (χ0n) is 15.9. The lowest BCUT2D eigenvalue weighted by Gasteiger charge is -2.20. The average molecular weight is 351 g/mol. The molecule has 7 nitrogen and oxygen atoms in total. The van der Waals surface area contributed by atoms with E-state index in [4.69, 9.17) is 4.98 Å². The second-order valence-corrected chi connectivity index (χ2v) is 6.92. The maximum atomic E-state index is 4.70. The summed E-state index contributed by atoms with van der Waals surface area (Å²) in [6.07, 6.45) is 4.25. The van der Waals surface area contributed by atoms with Crippen LogP contribution in [0.15, 0.2) is 30.7 Å². The van der Waals surface area contributed by atoms with Crippen LogP contribution in [0, 0.1) is 19.8 Å². The second-order valence-electron chi connectivity index (χ2n) is 6.92. The monoisotopic (exact) mass is 351 g/mol. The molecule has 0 amide bonds. The van der Waals surface area contributed by atoms with E-state index in [9.17, 15) is 0 Å². The Kier molecular flexibility index (Phi) is 5.25.